The molecule has 0 saturated carbocycles. The summed E-state index contributed by atoms with van der Waals surface area (Å²) in [7, 11) is 6.29. The summed E-state index contributed by atoms with van der Waals surface area (Å²) >= 11 is 0. The lowest BCUT2D eigenvalue weighted by Gasteiger charge is -2.48. The highest BCUT2D eigenvalue weighted by molar-refractivity contribution is 5.91. The third-order valence-electron chi connectivity index (χ3n) is 13.9. The predicted molar refractivity (Wildman–Crippen MR) is 232 cm³/mol. The molecule has 1 aromatic rings. The maximum absolute atomic E-state index is 14.4. The Balaban J connectivity index is 1.77. The highest BCUT2D eigenvalue weighted by Gasteiger charge is 2.52. The average molecular weight is 920 g/mol. The van der Waals surface area contributed by atoms with Gasteiger partial charge in [-0.05, 0) is 105 Å². The molecular formula is C46H76F3N3O12. The fourth-order valence-electron chi connectivity index (χ4n) is 10.0. The standard InChI is InChI=1S/C46H76F3N3O12/c1-15-34-45(10,58)38(54)30(7)50(11)24-25(2)21-44(9,57)39(28(5)37(29(6)40(55)62-34)63-35-23-43(8,59-14)22-27(4)60-35)64-41-36(53)33(20-26(3)61-41)52(13)42(56)51(12)32-18-16-31(17-19-32)46(47,48)49/h16-19,25-30,33-39,41,53-54,57-58H,15,20-24H2,1-14H3/t25-,26-,27+,28+,29-,30-,33?,34-,35+,36-,37+,38-,39-,41+,43+,44-,45-/m1/s1. The number of urea groups is 1. The Morgan fingerprint density at radius 1 is 0.938 bits per heavy atom. The predicted octanol–water partition coefficient (Wildman–Crippen LogP) is 5.58. The number of aliphatic hydroxyl groups excluding tert-OH is 2. The van der Waals surface area contributed by atoms with Gasteiger partial charge in [-0.25, -0.2) is 4.79 Å². The van der Waals surface area contributed by atoms with Gasteiger partial charge in [0.1, 0.15) is 23.9 Å². The topological polar surface area (TPSA) is 180 Å². The van der Waals surface area contributed by atoms with Crippen LogP contribution in [0.5, 0.6) is 0 Å². The number of carbonyl (C=O) groups is 2. The molecule has 3 heterocycles. The fraction of sp³-hybridized carbons (Fsp3) is 0.826. The number of rotatable bonds is 8. The van der Waals surface area contributed by atoms with Gasteiger partial charge in [0.05, 0.1) is 53.1 Å². The summed E-state index contributed by atoms with van der Waals surface area (Å²) in [6, 6.07) is 2.03. The molecule has 18 heteroatoms. The summed E-state index contributed by atoms with van der Waals surface area (Å²) in [6.07, 6.45) is -12.7. The largest absolute Gasteiger partial charge is 0.459 e. The van der Waals surface area contributed by atoms with Crippen molar-refractivity contribution in [3.63, 3.8) is 0 Å². The molecule has 15 nitrogen and oxygen atoms in total. The maximum Gasteiger partial charge on any atom is 0.416 e. The molecule has 0 aromatic heterocycles. The Labute approximate surface area is 377 Å². The Kier molecular flexibility index (Phi) is 17.8. The first-order valence-electron chi connectivity index (χ1n) is 22.5. The van der Waals surface area contributed by atoms with Gasteiger partial charge in [-0.1, -0.05) is 20.8 Å². The first-order chi connectivity index (χ1) is 29.5. The van der Waals surface area contributed by atoms with Gasteiger partial charge in [-0.2, -0.15) is 13.2 Å². The third-order valence-corrected chi connectivity index (χ3v) is 13.9. The van der Waals surface area contributed by atoms with Gasteiger partial charge in [-0.3, -0.25) is 9.69 Å². The molecule has 64 heavy (non-hydrogen) atoms. The number of hydrogen-bond donors (Lipinski definition) is 4. The van der Waals surface area contributed by atoms with Gasteiger partial charge in [-0.15, -0.1) is 0 Å². The van der Waals surface area contributed by atoms with E-state index in [4.69, 9.17) is 28.4 Å². The molecule has 3 aliphatic heterocycles. The second-order valence-corrected chi connectivity index (χ2v) is 19.7. The molecule has 368 valence electrons. The monoisotopic (exact) mass is 920 g/mol. The van der Waals surface area contributed by atoms with Crippen molar-refractivity contribution in [3.8, 4) is 0 Å². The minimum absolute atomic E-state index is 0.117. The van der Waals surface area contributed by atoms with Gasteiger partial charge in [0, 0.05) is 58.2 Å². The maximum atomic E-state index is 14.4. The normalized spacial score (nSPS) is 41.4. The summed E-state index contributed by atoms with van der Waals surface area (Å²) < 4.78 is 77.9. The minimum atomic E-state index is -4.55. The number of cyclic esters (lactones) is 1. The minimum Gasteiger partial charge on any atom is -0.459 e. The quantitative estimate of drug-likeness (QED) is 0.238. The number of hydrogen-bond acceptors (Lipinski definition) is 13. The Bertz CT molecular complexity index is 1690. The molecule has 1 unspecified atom stereocenters. The molecule has 3 aliphatic rings. The summed E-state index contributed by atoms with van der Waals surface area (Å²) in [5, 5.41) is 48.2. The molecule has 3 saturated heterocycles. The average Bonchev–Trinajstić information content (AvgIpc) is 3.21. The molecule has 1 aromatic carbocycles. The van der Waals surface area contributed by atoms with E-state index >= 15 is 0 Å². The van der Waals surface area contributed by atoms with Crippen LogP contribution in [0, 0.1) is 17.8 Å². The lowest BCUT2D eigenvalue weighted by atomic mass is 9.77. The van der Waals surface area contributed by atoms with E-state index in [9.17, 15) is 43.2 Å². The zero-order valence-corrected chi connectivity index (χ0v) is 40.2. The number of likely N-dealkylation sites (N-methyl/N-ethyl adjacent to an activating group) is 2. The van der Waals surface area contributed by atoms with Gasteiger partial charge in [0.15, 0.2) is 12.6 Å². The Hall–Kier alpha value is -2.65. The van der Waals surface area contributed by atoms with E-state index in [2.05, 4.69) is 0 Å². The fourth-order valence-corrected chi connectivity index (χ4v) is 10.0. The molecule has 17 atom stereocenters. The van der Waals surface area contributed by atoms with Crippen LogP contribution in [0.15, 0.2) is 24.3 Å². The number of alkyl halides is 3. The molecule has 0 aliphatic carbocycles. The molecule has 2 amide bonds. The number of methoxy groups -OCH3 is 1. The van der Waals surface area contributed by atoms with Crippen LogP contribution in [0.3, 0.4) is 0 Å². The van der Waals surface area contributed by atoms with Crippen LogP contribution in [-0.4, -0.2) is 161 Å². The number of carbonyl (C=O) groups excluding carboxylic acids is 2. The molecular weight excluding hydrogens is 844 g/mol. The summed E-state index contributed by atoms with van der Waals surface area (Å²) in [5.74, 6) is -2.94. The van der Waals surface area contributed by atoms with Crippen LogP contribution < -0.4 is 4.90 Å². The van der Waals surface area contributed by atoms with Gasteiger partial charge >= 0.3 is 18.2 Å². The molecule has 0 bridgehead atoms. The second kappa shape index (κ2) is 21.1. The molecule has 4 rings (SSSR count). The van der Waals surface area contributed by atoms with Gasteiger partial charge in [0.25, 0.3) is 0 Å². The van der Waals surface area contributed by atoms with Crippen LogP contribution in [0.1, 0.15) is 107 Å². The number of esters is 1. The van der Waals surface area contributed by atoms with Crippen molar-refractivity contribution in [1.29, 1.82) is 0 Å². The van der Waals surface area contributed by atoms with E-state index < -0.39 is 114 Å². The van der Waals surface area contributed by atoms with Crippen molar-refractivity contribution in [2.45, 2.75) is 192 Å². The SMILES string of the molecule is CC[C@H]1OC(=O)[C@H](C)[C@@H](O[C@H]2C[C@@](C)(OC)C[C@H](C)O2)[C@H](C)[C@@H](O[C@@H]2O[C@H](C)CC(N(C)C(=O)N(C)c3ccc(C(F)(F)F)cc3)[C@H]2O)[C@](C)(O)C[C@@H](C)CN(C)[C@H](C)[C@@H](O)[C@]1(C)O. The van der Waals surface area contributed by atoms with Crippen molar-refractivity contribution >= 4 is 17.7 Å². The van der Waals surface area contributed by atoms with Crippen molar-refractivity contribution in [2.24, 2.45) is 17.8 Å². The number of benzene rings is 1. The molecule has 0 spiro atoms. The number of anilines is 1. The Morgan fingerprint density at radius 2 is 1.55 bits per heavy atom. The number of amides is 2. The highest BCUT2D eigenvalue weighted by Crippen LogP contribution is 2.40. The molecule has 4 N–H and O–H groups in total. The Morgan fingerprint density at radius 3 is 2.11 bits per heavy atom. The van der Waals surface area contributed by atoms with Crippen LogP contribution in [0.25, 0.3) is 0 Å². The van der Waals surface area contributed by atoms with E-state index in [0.29, 0.717) is 19.4 Å². The number of aliphatic hydroxyl groups is 4. The van der Waals surface area contributed by atoms with Gasteiger partial charge in [0.2, 0.25) is 0 Å². The number of nitrogens with zero attached hydrogens (tertiary/aromatic N) is 3. The van der Waals surface area contributed by atoms with Crippen LogP contribution >= 0.6 is 0 Å². The summed E-state index contributed by atoms with van der Waals surface area (Å²) in [6.45, 7) is 17.8. The number of ether oxygens (including phenoxy) is 6. The van der Waals surface area contributed by atoms with Crippen molar-refractivity contribution in [2.75, 3.05) is 39.7 Å². The van der Waals surface area contributed by atoms with Crippen LogP contribution in [0.2, 0.25) is 0 Å². The highest BCUT2D eigenvalue weighted by atomic mass is 19.4. The third kappa shape index (κ3) is 12.5. The van der Waals surface area contributed by atoms with Crippen LogP contribution in [-0.2, 0) is 39.4 Å². The molecule has 0 radical (unpaired) electrons. The lowest BCUT2D eigenvalue weighted by molar-refractivity contribution is -0.309. The van der Waals surface area contributed by atoms with E-state index in [1.54, 1.807) is 55.7 Å². The lowest BCUT2D eigenvalue weighted by Crippen LogP contribution is -2.61. The second-order valence-electron chi connectivity index (χ2n) is 19.7. The smallest absolute Gasteiger partial charge is 0.416 e. The van der Waals surface area contributed by atoms with E-state index in [0.717, 1.165) is 12.1 Å². The summed E-state index contributed by atoms with van der Waals surface area (Å²) in [4.78, 5) is 32.6. The van der Waals surface area contributed by atoms with Crippen molar-refractivity contribution in [1.82, 2.24) is 9.80 Å². The first kappa shape index (κ1) is 54.0. The van der Waals surface area contributed by atoms with E-state index in [1.165, 1.54) is 43.0 Å². The first-order valence-corrected chi connectivity index (χ1v) is 22.5. The van der Waals surface area contributed by atoms with Crippen molar-refractivity contribution < 1.29 is 71.6 Å². The van der Waals surface area contributed by atoms with Gasteiger partial charge < -0.3 is 58.6 Å². The van der Waals surface area contributed by atoms with E-state index in [1.807, 2.05) is 25.7 Å². The van der Waals surface area contributed by atoms with Crippen LogP contribution in [0.4, 0.5) is 23.7 Å². The zero-order chi connectivity index (χ0) is 48.4. The van der Waals surface area contributed by atoms with Crippen molar-refractivity contribution in [3.05, 3.63) is 29.8 Å². The number of halogens is 3. The summed E-state index contributed by atoms with van der Waals surface area (Å²) in [5.41, 5.74) is -4.86. The van der Waals surface area contributed by atoms with E-state index in [-0.39, 0.29) is 37.0 Å². The zero-order valence-electron chi connectivity index (χ0n) is 40.2. The molecule has 3 fully saturated rings.